The molecule has 0 bridgehead atoms. The Labute approximate surface area is 175 Å². The van der Waals surface area contributed by atoms with Crippen LogP contribution < -0.4 is 14.8 Å². The van der Waals surface area contributed by atoms with Crippen molar-refractivity contribution in [2.45, 2.75) is 32.9 Å². The zero-order valence-corrected chi connectivity index (χ0v) is 17.6. The summed E-state index contributed by atoms with van der Waals surface area (Å²) in [5.74, 6) is 0.616. The molecule has 0 unspecified atom stereocenters. The molecule has 1 heterocycles. The smallest absolute Gasteiger partial charge is 0.251 e. The van der Waals surface area contributed by atoms with Gasteiger partial charge in [-0.1, -0.05) is 23.7 Å². The summed E-state index contributed by atoms with van der Waals surface area (Å²) in [6.45, 7) is 5.73. The first-order valence-electron chi connectivity index (χ1n) is 9.32. The van der Waals surface area contributed by atoms with Crippen molar-refractivity contribution in [2.24, 2.45) is 0 Å². The van der Waals surface area contributed by atoms with Gasteiger partial charge in [-0.25, -0.2) is 4.98 Å². The molecule has 0 spiro atoms. The minimum Gasteiger partial charge on any atom is -0.493 e. The van der Waals surface area contributed by atoms with Gasteiger partial charge in [0.25, 0.3) is 5.91 Å². The monoisotopic (exact) mass is 413 g/mol. The minimum atomic E-state index is -0.243. The quantitative estimate of drug-likeness (QED) is 0.603. The van der Waals surface area contributed by atoms with Crippen LogP contribution in [-0.4, -0.2) is 28.7 Å². The highest BCUT2D eigenvalue weighted by molar-refractivity contribution is 6.32. The van der Waals surface area contributed by atoms with Crippen LogP contribution in [0.4, 0.5) is 0 Å². The molecule has 0 saturated heterocycles. The van der Waals surface area contributed by atoms with Crippen molar-refractivity contribution in [3.05, 3.63) is 71.3 Å². The van der Waals surface area contributed by atoms with E-state index in [4.69, 9.17) is 21.1 Å². The number of carbonyl (C=O) groups excluding carboxylic acids is 1. The first kappa shape index (κ1) is 20.7. The number of aromatic nitrogens is 2. The van der Waals surface area contributed by atoms with Gasteiger partial charge < -0.3 is 19.4 Å². The van der Waals surface area contributed by atoms with E-state index in [1.54, 1.807) is 24.7 Å². The molecule has 0 aliphatic rings. The summed E-state index contributed by atoms with van der Waals surface area (Å²) in [5.41, 5.74) is 2.40. The summed E-state index contributed by atoms with van der Waals surface area (Å²) in [6, 6.07) is 11.0. The minimum absolute atomic E-state index is 0.0635. The maximum Gasteiger partial charge on any atom is 0.251 e. The Hall–Kier alpha value is -2.99. The molecule has 1 amide bonds. The average Bonchev–Trinajstić information content (AvgIpc) is 3.24. The van der Waals surface area contributed by atoms with Crippen molar-refractivity contribution in [2.75, 3.05) is 7.11 Å². The predicted octanol–water partition coefficient (Wildman–Crippen LogP) is 4.81. The van der Waals surface area contributed by atoms with E-state index in [2.05, 4.69) is 10.3 Å². The van der Waals surface area contributed by atoms with Crippen LogP contribution in [-0.2, 0) is 0 Å². The number of amides is 1. The maximum absolute atomic E-state index is 12.8. The van der Waals surface area contributed by atoms with Crippen LogP contribution in [0.2, 0.25) is 5.02 Å². The number of benzene rings is 2. The zero-order valence-electron chi connectivity index (χ0n) is 16.8. The van der Waals surface area contributed by atoms with Gasteiger partial charge in [-0.2, -0.15) is 0 Å². The lowest BCUT2D eigenvalue weighted by Gasteiger charge is -2.18. The summed E-state index contributed by atoms with van der Waals surface area (Å²) in [7, 11) is 1.52. The molecule has 3 rings (SSSR count). The van der Waals surface area contributed by atoms with Gasteiger partial charge in [0.15, 0.2) is 11.5 Å². The molecule has 1 atom stereocenters. The van der Waals surface area contributed by atoms with E-state index < -0.39 is 0 Å². The Morgan fingerprint density at radius 3 is 2.48 bits per heavy atom. The molecule has 2 aromatic carbocycles. The summed E-state index contributed by atoms with van der Waals surface area (Å²) in [5, 5.41) is 3.33. The van der Waals surface area contributed by atoms with E-state index in [0.29, 0.717) is 22.1 Å². The number of imidazole rings is 1. The van der Waals surface area contributed by atoms with Crippen LogP contribution in [0.1, 0.15) is 42.7 Å². The summed E-state index contributed by atoms with van der Waals surface area (Å²) in [6.07, 6.45) is 5.29. The Morgan fingerprint density at radius 1 is 1.17 bits per heavy atom. The van der Waals surface area contributed by atoms with E-state index in [9.17, 15) is 4.79 Å². The third kappa shape index (κ3) is 4.90. The lowest BCUT2D eigenvalue weighted by Crippen LogP contribution is -2.26. The fourth-order valence-electron chi connectivity index (χ4n) is 2.91. The van der Waals surface area contributed by atoms with Crippen molar-refractivity contribution >= 4 is 17.5 Å². The molecular weight excluding hydrogens is 390 g/mol. The van der Waals surface area contributed by atoms with Crippen LogP contribution >= 0.6 is 11.6 Å². The standard InChI is InChI=1S/C22H24ClN3O3/c1-14(2)29-21-19(23)11-17(12-20(21)28-4)22(27)25-15(3)16-5-7-18(8-6-16)26-10-9-24-13-26/h5-15H,1-4H3,(H,25,27)/t15-/m1/s1. The van der Waals surface area contributed by atoms with E-state index in [1.165, 1.54) is 7.11 Å². The van der Waals surface area contributed by atoms with Gasteiger partial charge in [0.2, 0.25) is 0 Å². The molecule has 7 heteroatoms. The molecule has 0 fully saturated rings. The van der Waals surface area contributed by atoms with E-state index in [1.807, 2.05) is 55.8 Å². The SMILES string of the molecule is COc1cc(C(=O)N[C@H](C)c2ccc(-n3ccnc3)cc2)cc(Cl)c1OC(C)C. The second kappa shape index (κ2) is 9.01. The summed E-state index contributed by atoms with van der Waals surface area (Å²) >= 11 is 6.33. The first-order chi connectivity index (χ1) is 13.9. The van der Waals surface area contributed by atoms with E-state index in [0.717, 1.165) is 11.3 Å². The summed E-state index contributed by atoms with van der Waals surface area (Å²) < 4.78 is 13.0. The second-order valence-corrected chi connectivity index (χ2v) is 7.32. The van der Waals surface area contributed by atoms with Gasteiger partial charge in [0.1, 0.15) is 0 Å². The number of ether oxygens (including phenoxy) is 2. The van der Waals surface area contributed by atoms with Gasteiger partial charge in [-0.15, -0.1) is 0 Å². The van der Waals surface area contributed by atoms with Gasteiger partial charge in [-0.3, -0.25) is 4.79 Å². The summed E-state index contributed by atoms with van der Waals surface area (Å²) in [4.78, 5) is 16.8. The van der Waals surface area contributed by atoms with Crippen molar-refractivity contribution in [3.63, 3.8) is 0 Å². The number of nitrogens with one attached hydrogen (secondary N) is 1. The van der Waals surface area contributed by atoms with Crippen molar-refractivity contribution in [1.82, 2.24) is 14.9 Å². The number of halogens is 1. The molecule has 0 saturated carbocycles. The molecule has 3 aromatic rings. The Morgan fingerprint density at radius 2 is 1.90 bits per heavy atom. The Kier molecular flexibility index (Phi) is 6.44. The van der Waals surface area contributed by atoms with E-state index in [-0.39, 0.29) is 18.1 Å². The van der Waals surface area contributed by atoms with Crippen molar-refractivity contribution in [3.8, 4) is 17.2 Å². The molecule has 29 heavy (non-hydrogen) atoms. The van der Waals surface area contributed by atoms with Crippen molar-refractivity contribution in [1.29, 1.82) is 0 Å². The number of nitrogens with zero attached hydrogens (tertiary/aromatic N) is 2. The third-order valence-corrected chi connectivity index (χ3v) is 4.67. The topological polar surface area (TPSA) is 65.4 Å². The van der Waals surface area contributed by atoms with E-state index >= 15 is 0 Å². The largest absolute Gasteiger partial charge is 0.493 e. The predicted molar refractivity (Wildman–Crippen MR) is 113 cm³/mol. The molecule has 6 nitrogen and oxygen atoms in total. The molecule has 0 aliphatic carbocycles. The van der Waals surface area contributed by atoms with Crippen LogP contribution in [0.15, 0.2) is 55.1 Å². The van der Waals surface area contributed by atoms with Gasteiger partial charge in [0.05, 0.1) is 30.6 Å². The number of rotatable bonds is 7. The second-order valence-electron chi connectivity index (χ2n) is 6.91. The first-order valence-corrected chi connectivity index (χ1v) is 9.70. The average molecular weight is 414 g/mol. The van der Waals surface area contributed by atoms with Crippen LogP contribution in [0.5, 0.6) is 11.5 Å². The normalized spacial score (nSPS) is 11.9. The Bertz CT molecular complexity index is 970. The molecule has 1 N–H and O–H groups in total. The van der Waals surface area contributed by atoms with Crippen molar-refractivity contribution < 1.29 is 14.3 Å². The van der Waals surface area contributed by atoms with Gasteiger partial charge in [-0.05, 0) is 50.6 Å². The van der Waals surface area contributed by atoms with Crippen LogP contribution in [0.3, 0.4) is 0 Å². The number of hydrogen-bond donors (Lipinski definition) is 1. The lowest BCUT2D eigenvalue weighted by atomic mass is 10.1. The molecular formula is C22H24ClN3O3. The Balaban J connectivity index is 1.74. The number of methoxy groups -OCH3 is 1. The fraction of sp³-hybridized carbons (Fsp3) is 0.273. The fourth-order valence-corrected chi connectivity index (χ4v) is 3.17. The lowest BCUT2D eigenvalue weighted by molar-refractivity contribution is 0.0939. The van der Waals surface area contributed by atoms with Crippen LogP contribution in [0, 0.1) is 0 Å². The molecule has 152 valence electrons. The van der Waals surface area contributed by atoms with Gasteiger partial charge in [0, 0.05) is 23.6 Å². The third-order valence-electron chi connectivity index (χ3n) is 4.39. The highest BCUT2D eigenvalue weighted by Gasteiger charge is 2.18. The molecule has 0 aliphatic heterocycles. The molecule has 0 radical (unpaired) electrons. The zero-order chi connectivity index (χ0) is 21.0. The molecule has 1 aromatic heterocycles. The highest BCUT2D eigenvalue weighted by atomic mass is 35.5. The number of hydrogen-bond acceptors (Lipinski definition) is 4. The number of carbonyl (C=O) groups is 1. The maximum atomic E-state index is 12.8. The van der Waals surface area contributed by atoms with Crippen LogP contribution in [0.25, 0.3) is 5.69 Å². The van der Waals surface area contributed by atoms with Gasteiger partial charge >= 0.3 is 0 Å². The highest BCUT2D eigenvalue weighted by Crippen LogP contribution is 2.37.